The first-order valence-electron chi connectivity index (χ1n) is 12.9. The molecule has 8 nitrogen and oxygen atoms in total. The molecule has 1 saturated heterocycles. The van der Waals surface area contributed by atoms with Crippen LogP contribution in [-0.4, -0.2) is 46.5 Å². The Morgan fingerprint density at radius 3 is 2.51 bits per heavy atom. The van der Waals surface area contributed by atoms with Gasteiger partial charge >= 0.3 is 0 Å². The summed E-state index contributed by atoms with van der Waals surface area (Å²) in [6, 6.07) is 17.3. The van der Waals surface area contributed by atoms with Crippen molar-refractivity contribution < 1.29 is 19.1 Å². The molecular weight excluding hydrogens is 468 g/mol. The molecule has 194 valence electrons. The normalized spacial score (nSPS) is 19.8. The average Bonchev–Trinajstić information content (AvgIpc) is 3.61. The zero-order valence-electron chi connectivity index (χ0n) is 21.2. The summed E-state index contributed by atoms with van der Waals surface area (Å²) in [7, 11) is 1.63. The van der Waals surface area contributed by atoms with E-state index in [-0.39, 0.29) is 18.2 Å². The number of hydrogen-bond donors (Lipinski definition) is 1. The number of benzene rings is 2. The van der Waals surface area contributed by atoms with E-state index in [1.165, 1.54) is 12.8 Å². The summed E-state index contributed by atoms with van der Waals surface area (Å²) >= 11 is 0. The standard InChI is InChI=1S/C29H34N4O4/c1-36-25-12-9-21(10-13-25)17-26(32-18-24(31-20-32)11-14-27(30)34)28(35)33-16-15-29(33,37-19-22-7-8-22)23-5-3-2-4-6-23/h2-6,9-10,12-13,18,20,22,26H,7-8,11,14-17,19H2,1H3,(H2,30,34)/t26-,29-/m1/s1. The predicted octanol–water partition coefficient (Wildman–Crippen LogP) is 3.61. The van der Waals surface area contributed by atoms with Gasteiger partial charge in [0.1, 0.15) is 11.8 Å². The van der Waals surface area contributed by atoms with E-state index in [9.17, 15) is 9.59 Å². The Bertz CT molecular complexity index is 1220. The largest absolute Gasteiger partial charge is 0.497 e. The minimum atomic E-state index is -0.755. The second-order valence-corrected chi connectivity index (χ2v) is 9.99. The lowest BCUT2D eigenvalue weighted by atomic mass is 9.88. The topological polar surface area (TPSA) is 99.7 Å². The molecule has 3 aromatic rings. The third kappa shape index (κ3) is 5.54. The summed E-state index contributed by atoms with van der Waals surface area (Å²) in [4.78, 5) is 31.9. The van der Waals surface area contributed by atoms with Crippen molar-refractivity contribution in [2.45, 2.75) is 50.3 Å². The van der Waals surface area contributed by atoms with Gasteiger partial charge in [0, 0.05) is 37.6 Å². The third-order valence-corrected chi connectivity index (χ3v) is 7.37. The Hall–Kier alpha value is -3.65. The molecule has 2 fully saturated rings. The van der Waals surface area contributed by atoms with E-state index < -0.39 is 11.8 Å². The first kappa shape index (κ1) is 25.0. The number of likely N-dealkylation sites (tertiary alicyclic amines) is 1. The van der Waals surface area contributed by atoms with Crippen molar-refractivity contribution in [2.24, 2.45) is 11.7 Å². The summed E-state index contributed by atoms with van der Waals surface area (Å²) in [5.74, 6) is 0.957. The quantitative estimate of drug-likeness (QED) is 0.408. The molecule has 1 aliphatic heterocycles. The second-order valence-electron chi connectivity index (χ2n) is 9.99. The molecule has 2 aliphatic rings. The number of amides is 2. The van der Waals surface area contributed by atoms with E-state index in [1.54, 1.807) is 13.4 Å². The fourth-order valence-electron chi connectivity index (χ4n) is 4.90. The zero-order valence-corrected chi connectivity index (χ0v) is 21.2. The average molecular weight is 503 g/mol. The molecule has 2 aromatic carbocycles. The van der Waals surface area contributed by atoms with Crippen LogP contribution in [0.25, 0.3) is 0 Å². The lowest BCUT2D eigenvalue weighted by Crippen LogP contribution is -2.62. The van der Waals surface area contributed by atoms with Crippen LogP contribution in [0.1, 0.15) is 48.5 Å². The van der Waals surface area contributed by atoms with Gasteiger partial charge in [0.15, 0.2) is 5.72 Å². The Morgan fingerprint density at radius 1 is 1.14 bits per heavy atom. The van der Waals surface area contributed by atoms with Gasteiger partial charge in [-0.3, -0.25) is 9.59 Å². The highest BCUT2D eigenvalue weighted by Gasteiger charge is 2.52. The van der Waals surface area contributed by atoms with Crippen molar-refractivity contribution in [3.8, 4) is 5.75 Å². The van der Waals surface area contributed by atoms with Crippen LogP contribution in [0, 0.1) is 5.92 Å². The third-order valence-electron chi connectivity index (χ3n) is 7.37. The number of imidazole rings is 1. The summed E-state index contributed by atoms with van der Waals surface area (Å²) < 4.78 is 13.7. The molecule has 0 spiro atoms. The Kier molecular flexibility index (Phi) is 7.28. The number of primary amides is 1. The van der Waals surface area contributed by atoms with Gasteiger partial charge < -0.3 is 24.7 Å². The highest BCUT2D eigenvalue weighted by atomic mass is 16.5. The number of carbonyl (C=O) groups excluding carboxylic acids is 2. The molecule has 1 saturated carbocycles. The van der Waals surface area contributed by atoms with Gasteiger partial charge in [0.2, 0.25) is 11.8 Å². The summed E-state index contributed by atoms with van der Waals surface area (Å²) in [5, 5.41) is 0. The second kappa shape index (κ2) is 10.8. The number of nitrogens with zero attached hydrogens (tertiary/aromatic N) is 3. The fourth-order valence-corrected chi connectivity index (χ4v) is 4.90. The van der Waals surface area contributed by atoms with E-state index in [2.05, 4.69) is 4.98 Å². The van der Waals surface area contributed by atoms with Crippen LogP contribution in [0.2, 0.25) is 0 Å². The number of aryl methyl sites for hydroxylation is 1. The van der Waals surface area contributed by atoms with Gasteiger partial charge in [0.05, 0.1) is 25.7 Å². The van der Waals surface area contributed by atoms with Crippen molar-refractivity contribution in [1.29, 1.82) is 0 Å². The molecule has 5 rings (SSSR count). The highest BCUT2D eigenvalue weighted by molar-refractivity contribution is 5.82. The lowest BCUT2D eigenvalue weighted by Gasteiger charge is -2.53. The van der Waals surface area contributed by atoms with Crippen LogP contribution >= 0.6 is 0 Å². The van der Waals surface area contributed by atoms with Crippen LogP contribution in [0.5, 0.6) is 5.75 Å². The Balaban J connectivity index is 1.44. The zero-order chi connectivity index (χ0) is 25.8. The number of methoxy groups -OCH3 is 1. The molecule has 2 heterocycles. The van der Waals surface area contributed by atoms with Gasteiger partial charge in [-0.15, -0.1) is 0 Å². The van der Waals surface area contributed by atoms with Gasteiger partial charge in [-0.05, 0) is 42.9 Å². The number of nitrogens with two attached hydrogens (primary N) is 1. The molecule has 1 aromatic heterocycles. The van der Waals surface area contributed by atoms with Crippen LogP contribution in [0.3, 0.4) is 0 Å². The maximum atomic E-state index is 14.3. The molecular formula is C29H34N4O4. The van der Waals surface area contributed by atoms with Crippen LogP contribution < -0.4 is 10.5 Å². The molecule has 2 N–H and O–H groups in total. The van der Waals surface area contributed by atoms with E-state index >= 15 is 0 Å². The first-order chi connectivity index (χ1) is 18.0. The van der Waals surface area contributed by atoms with E-state index in [1.807, 2.05) is 70.3 Å². The number of ether oxygens (including phenoxy) is 2. The molecule has 0 bridgehead atoms. The molecule has 1 aliphatic carbocycles. The number of carbonyl (C=O) groups is 2. The van der Waals surface area contributed by atoms with Crippen LogP contribution in [-0.2, 0) is 32.9 Å². The first-order valence-corrected chi connectivity index (χ1v) is 12.9. The van der Waals surface area contributed by atoms with E-state index in [0.717, 1.165) is 29.0 Å². The van der Waals surface area contributed by atoms with E-state index in [4.69, 9.17) is 15.2 Å². The smallest absolute Gasteiger partial charge is 0.248 e. The molecule has 8 heteroatoms. The highest BCUT2D eigenvalue weighted by Crippen LogP contribution is 2.45. The van der Waals surface area contributed by atoms with Crippen LogP contribution in [0.15, 0.2) is 67.1 Å². The van der Waals surface area contributed by atoms with Crippen molar-refractivity contribution in [3.63, 3.8) is 0 Å². The van der Waals surface area contributed by atoms with Crippen molar-refractivity contribution in [2.75, 3.05) is 20.3 Å². The number of hydrogen-bond acceptors (Lipinski definition) is 5. The monoisotopic (exact) mass is 502 g/mol. The van der Waals surface area contributed by atoms with Crippen molar-refractivity contribution in [1.82, 2.24) is 14.5 Å². The maximum Gasteiger partial charge on any atom is 0.248 e. The van der Waals surface area contributed by atoms with Gasteiger partial charge in [-0.1, -0.05) is 42.5 Å². The van der Waals surface area contributed by atoms with Crippen molar-refractivity contribution in [3.05, 3.63) is 83.9 Å². The number of rotatable bonds is 12. The SMILES string of the molecule is COc1ccc(C[C@H](C(=O)N2CC[C@@]2(OCC2CC2)c2ccccc2)n2cnc(CCC(N)=O)c2)cc1. The summed E-state index contributed by atoms with van der Waals surface area (Å²) in [5.41, 5.74) is 7.32. The summed E-state index contributed by atoms with van der Waals surface area (Å²) in [6.07, 6.45) is 7.79. The lowest BCUT2D eigenvalue weighted by molar-refractivity contribution is -0.230. The fraction of sp³-hybridized carbons (Fsp3) is 0.414. The molecule has 2 atom stereocenters. The Labute approximate surface area is 217 Å². The van der Waals surface area contributed by atoms with Gasteiger partial charge in [-0.25, -0.2) is 4.98 Å². The maximum absolute atomic E-state index is 14.3. The minimum absolute atomic E-state index is 0.0134. The Morgan fingerprint density at radius 2 is 1.89 bits per heavy atom. The van der Waals surface area contributed by atoms with Gasteiger partial charge in [-0.2, -0.15) is 0 Å². The summed E-state index contributed by atoms with van der Waals surface area (Å²) in [6.45, 7) is 1.28. The van der Waals surface area contributed by atoms with Crippen LogP contribution in [0.4, 0.5) is 0 Å². The number of aromatic nitrogens is 2. The molecule has 37 heavy (non-hydrogen) atoms. The van der Waals surface area contributed by atoms with Crippen molar-refractivity contribution >= 4 is 11.8 Å². The minimum Gasteiger partial charge on any atom is -0.497 e. The molecule has 0 radical (unpaired) electrons. The predicted molar refractivity (Wildman–Crippen MR) is 139 cm³/mol. The molecule has 2 amide bonds. The van der Waals surface area contributed by atoms with E-state index in [0.29, 0.717) is 31.9 Å². The van der Waals surface area contributed by atoms with Gasteiger partial charge in [0.25, 0.3) is 0 Å². The molecule has 0 unspecified atom stereocenters.